The number of piperidine rings is 1. The molecule has 1 rings (SSSR count). The van der Waals surface area contributed by atoms with Crippen molar-refractivity contribution in [1.82, 2.24) is 4.90 Å². The zero-order valence-corrected chi connectivity index (χ0v) is 14.7. The van der Waals surface area contributed by atoms with Gasteiger partial charge >= 0.3 is 18.0 Å². The highest BCUT2D eigenvalue weighted by atomic mass is 16.6. The molecule has 1 saturated heterocycles. The van der Waals surface area contributed by atoms with Crippen molar-refractivity contribution >= 4 is 18.0 Å². The molecule has 1 aliphatic heterocycles. The molecule has 0 spiro atoms. The van der Waals surface area contributed by atoms with E-state index < -0.39 is 41.2 Å². The van der Waals surface area contributed by atoms with Crippen LogP contribution in [0.25, 0.3) is 0 Å². The number of hydrogen-bond acceptors (Lipinski definition) is 5. The molecule has 0 unspecified atom stereocenters. The molecule has 1 N–H and O–H groups in total. The Morgan fingerprint density at radius 3 is 1.96 bits per heavy atom. The van der Waals surface area contributed by atoms with Crippen molar-refractivity contribution in [2.24, 2.45) is 5.92 Å². The van der Waals surface area contributed by atoms with Crippen LogP contribution in [0.3, 0.4) is 0 Å². The zero-order valence-electron chi connectivity index (χ0n) is 14.7. The van der Waals surface area contributed by atoms with E-state index in [0.717, 1.165) is 4.90 Å². The maximum Gasteiger partial charge on any atom is 0.411 e. The topological polar surface area (TPSA) is 93.1 Å². The molecular formula is C16H27NO6. The maximum absolute atomic E-state index is 12.3. The molecule has 1 amide bonds. The zero-order chi connectivity index (χ0) is 18.0. The number of ether oxygens (including phenoxy) is 2. The molecule has 0 radical (unpaired) electrons. The lowest BCUT2D eigenvalue weighted by Crippen LogP contribution is -2.56. The van der Waals surface area contributed by atoms with Crippen LogP contribution in [-0.2, 0) is 19.1 Å². The minimum absolute atomic E-state index is 0.241. The monoisotopic (exact) mass is 329 g/mol. The van der Waals surface area contributed by atoms with Crippen LogP contribution in [0.2, 0.25) is 0 Å². The van der Waals surface area contributed by atoms with E-state index in [2.05, 4.69) is 0 Å². The molecule has 0 aliphatic carbocycles. The summed E-state index contributed by atoms with van der Waals surface area (Å²) in [5.41, 5.74) is -1.45. The number of carboxylic acid groups (broad SMARTS) is 1. The Balaban J connectivity index is 2.99. The second kappa shape index (κ2) is 6.76. The number of esters is 1. The first-order valence-electron chi connectivity index (χ1n) is 7.77. The van der Waals surface area contributed by atoms with Gasteiger partial charge in [0, 0.05) is 6.54 Å². The summed E-state index contributed by atoms with van der Waals surface area (Å²) in [7, 11) is 0. The fraction of sp³-hybridized carbons (Fsp3) is 0.812. The van der Waals surface area contributed by atoms with Crippen molar-refractivity contribution in [2.45, 2.75) is 71.6 Å². The molecule has 0 bridgehead atoms. The number of nitrogens with zero attached hydrogens (tertiary/aromatic N) is 1. The third kappa shape index (κ3) is 5.73. The van der Waals surface area contributed by atoms with E-state index in [1.165, 1.54) is 0 Å². The Bertz CT molecular complexity index is 438. The summed E-state index contributed by atoms with van der Waals surface area (Å²) in [6.07, 6.45) is 0.163. The average molecular weight is 329 g/mol. The van der Waals surface area contributed by atoms with Crippen LogP contribution in [0.4, 0.5) is 4.79 Å². The van der Waals surface area contributed by atoms with Gasteiger partial charge in [-0.3, -0.25) is 9.69 Å². The number of likely N-dealkylation sites (tertiary alicyclic amines) is 1. The first-order chi connectivity index (χ1) is 10.3. The van der Waals surface area contributed by atoms with Gasteiger partial charge < -0.3 is 14.6 Å². The van der Waals surface area contributed by atoms with Crippen LogP contribution < -0.4 is 0 Å². The van der Waals surface area contributed by atoms with Crippen molar-refractivity contribution in [3.8, 4) is 0 Å². The molecule has 0 aromatic rings. The third-order valence-corrected chi connectivity index (χ3v) is 3.22. The quantitative estimate of drug-likeness (QED) is 0.782. The predicted molar refractivity (Wildman–Crippen MR) is 82.9 cm³/mol. The highest BCUT2D eigenvalue weighted by Crippen LogP contribution is 2.28. The summed E-state index contributed by atoms with van der Waals surface area (Å²) < 4.78 is 10.6. The van der Waals surface area contributed by atoms with Gasteiger partial charge in [0.15, 0.2) is 0 Å². The van der Waals surface area contributed by atoms with E-state index in [1.807, 2.05) is 0 Å². The van der Waals surface area contributed by atoms with E-state index in [0.29, 0.717) is 12.8 Å². The molecule has 1 heterocycles. The first kappa shape index (κ1) is 19.3. The van der Waals surface area contributed by atoms with Gasteiger partial charge in [0.2, 0.25) is 0 Å². The van der Waals surface area contributed by atoms with Gasteiger partial charge in [0.1, 0.15) is 17.2 Å². The van der Waals surface area contributed by atoms with Crippen LogP contribution in [0, 0.1) is 5.92 Å². The number of rotatable bonds is 2. The number of hydrogen-bond donors (Lipinski definition) is 1. The Morgan fingerprint density at radius 1 is 1.00 bits per heavy atom. The van der Waals surface area contributed by atoms with Crippen molar-refractivity contribution in [3.05, 3.63) is 0 Å². The van der Waals surface area contributed by atoms with Gasteiger partial charge in [0.05, 0.1) is 5.92 Å². The minimum atomic E-state index is -1.27. The van der Waals surface area contributed by atoms with Crippen LogP contribution in [0.5, 0.6) is 0 Å². The molecule has 1 aliphatic rings. The lowest BCUT2D eigenvalue weighted by atomic mass is 9.89. The van der Waals surface area contributed by atoms with Gasteiger partial charge in [-0.25, -0.2) is 9.59 Å². The smallest absolute Gasteiger partial charge is 0.411 e. The van der Waals surface area contributed by atoms with Gasteiger partial charge in [-0.05, 0) is 54.4 Å². The van der Waals surface area contributed by atoms with Crippen LogP contribution in [0.1, 0.15) is 54.4 Å². The summed E-state index contributed by atoms with van der Waals surface area (Å²) in [6.45, 7) is 10.5. The van der Waals surface area contributed by atoms with Crippen molar-refractivity contribution in [2.75, 3.05) is 6.54 Å². The number of carbonyl (C=O) groups excluding carboxylic acids is 2. The summed E-state index contributed by atoms with van der Waals surface area (Å²) in [4.78, 5) is 37.4. The lowest BCUT2D eigenvalue weighted by Gasteiger charge is -2.38. The number of carbonyl (C=O) groups is 3. The average Bonchev–Trinajstić information content (AvgIpc) is 2.33. The van der Waals surface area contributed by atoms with E-state index in [-0.39, 0.29) is 6.54 Å². The molecule has 0 aromatic carbocycles. The fourth-order valence-corrected chi connectivity index (χ4v) is 2.45. The minimum Gasteiger partial charge on any atom is -0.480 e. The molecule has 132 valence electrons. The molecule has 23 heavy (non-hydrogen) atoms. The fourth-order valence-electron chi connectivity index (χ4n) is 2.45. The van der Waals surface area contributed by atoms with Crippen LogP contribution in [-0.4, -0.2) is 51.8 Å². The highest BCUT2D eigenvalue weighted by Gasteiger charge is 2.45. The molecule has 1 fully saturated rings. The second-order valence-corrected chi connectivity index (χ2v) is 7.74. The Kier molecular flexibility index (Phi) is 5.66. The standard InChI is InChI=1S/C16H27NO6/c1-15(2,3)22-13(20)10-8-7-9-17(11(10)12(18)19)14(21)23-16(4,5)6/h10-11H,7-9H2,1-6H3,(H,18,19)/t10-,11-/m0/s1. The molecule has 7 heteroatoms. The van der Waals surface area contributed by atoms with Gasteiger partial charge in [-0.2, -0.15) is 0 Å². The second-order valence-electron chi connectivity index (χ2n) is 7.74. The van der Waals surface area contributed by atoms with Gasteiger partial charge in [0.25, 0.3) is 0 Å². The predicted octanol–water partition coefficient (Wildman–Crippen LogP) is 2.43. The molecule has 7 nitrogen and oxygen atoms in total. The summed E-state index contributed by atoms with van der Waals surface area (Å²) >= 11 is 0. The Hall–Kier alpha value is -1.79. The Labute approximate surface area is 136 Å². The summed E-state index contributed by atoms with van der Waals surface area (Å²) in [5.74, 6) is -2.72. The van der Waals surface area contributed by atoms with Crippen LogP contribution >= 0.6 is 0 Å². The van der Waals surface area contributed by atoms with Gasteiger partial charge in [-0.15, -0.1) is 0 Å². The van der Waals surface area contributed by atoms with E-state index in [1.54, 1.807) is 41.5 Å². The summed E-state index contributed by atoms with van der Waals surface area (Å²) in [5, 5.41) is 9.52. The first-order valence-corrected chi connectivity index (χ1v) is 7.77. The Morgan fingerprint density at radius 2 is 1.52 bits per heavy atom. The number of carboxylic acids is 1. The number of amides is 1. The van der Waals surface area contributed by atoms with Crippen molar-refractivity contribution in [1.29, 1.82) is 0 Å². The van der Waals surface area contributed by atoms with Crippen molar-refractivity contribution < 1.29 is 29.0 Å². The van der Waals surface area contributed by atoms with Crippen molar-refractivity contribution in [3.63, 3.8) is 0 Å². The maximum atomic E-state index is 12.3. The lowest BCUT2D eigenvalue weighted by molar-refractivity contribution is -0.169. The van der Waals surface area contributed by atoms with Gasteiger partial charge in [-0.1, -0.05) is 0 Å². The molecule has 2 atom stereocenters. The highest BCUT2D eigenvalue weighted by molar-refractivity contribution is 5.87. The molecule has 0 aromatic heterocycles. The largest absolute Gasteiger partial charge is 0.480 e. The third-order valence-electron chi connectivity index (χ3n) is 3.22. The van der Waals surface area contributed by atoms with E-state index >= 15 is 0 Å². The number of aliphatic carboxylic acids is 1. The normalized spacial score (nSPS) is 22.4. The van der Waals surface area contributed by atoms with E-state index in [4.69, 9.17) is 9.47 Å². The SMILES string of the molecule is CC(C)(C)OC(=O)[C@H]1CCCN(C(=O)OC(C)(C)C)[C@@H]1C(=O)O. The molecular weight excluding hydrogens is 302 g/mol. The summed E-state index contributed by atoms with van der Waals surface area (Å²) in [6, 6.07) is -1.27. The molecule has 0 saturated carbocycles. The van der Waals surface area contributed by atoms with Crippen LogP contribution in [0.15, 0.2) is 0 Å². The van der Waals surface area contributed by atoms with E-state index in [9.17, 15) is 19.5 Å².